The van der Waals surface area contributed by atoms with Crippen LogP contribution in [0.1, 0.15) is 37.9 Å². The molecule has 6 nitrogen and oxygen atoms in total. The van der Waals surface area contributed by atoms with Crippen LogP contribution in [-0.4, -0.2) is 30.4 Å². The minimum Gasteiger partial charge on any atom is -0.495 e. The summed E-state index contributed by atoms with van der Waals surface area (Å²) in [5.41, 5.74) is 0.596. The second kappa shape index (κ2) is 8.72. The lowest BCUT2D eigenvalue weighted by molar-refractivity contribution is -0.136. The van der Waals surface area contributed by atoms with E-state index in [4.69, 9.17) is 9.15 Å². The zero-order valence-electron chi connectivity index (χ0n) is 16.8. The van der Waals surface area contributed by atoms with Crippen molar-refractivity contribution >= 4 is 17.5 Å². The van der Waals surface area contributed by atoms with Gasteiger partial charge in [-0.25, -0.2) is 0 Å². The second-order valence-corrected chi connectivity index (χ2v) is 8.22. The number of carbonyl (C=O) groups is 2. The van der Waals surface area contributed by atoms with Crippen molar-refractivity contribution < 1.29 is 18.7 Å². The first-order valence-corrected chi connectivity index (χ1v) is 10.4. The largest absolute Gasteiger partial charge is 0.495 e. The molecule has 6 heteroatoms. The molecule has 29 heavy (non-hydrogen) atoms. The molecule has 1 aromatic carbocycles. The average molecular weight is 396 g/mol. The van der Waals surface area contributed by atoms with Crippen LogP contribution in [0.2, 0.25) is 0 Å². The van der Waals surface area contributed by atoms with E-state index in [1.54, 1.807) is 36.5 Å². The van der Waals surface area contributed by atoms with Crippen LogP contribution in [0.5, 0.6) is 5.75 Å². The summed E-state index contributed by atoms with van der Waals surface area (Å²) in [5.74, 6) is 2.97. The molecule has 0 aliphatic heterocycles. The van der Waals surface area contributed by atoms with Crippen LogP contribution in [-0.2, 0) is 16.1 Å². The second-order valence-electron chi connectivity index (χ2n) is 8.22. The third-order valence-corrected chi connectivity index (χ3v) is 6.32. The van der Waals surface area contributed by atoms with E-state index in [1.807, 2.05) is 18.2 Å². The molecular weight excluding hydrogens is 368 g/mol. The number of benzene rings is 1. The molecule has 1 aromatic heterocycles. The summed E-state index contributed by atoms with van der Waals surface area (Å²) in [6.45, 7) is 0.282. The van der Waals surface area contributed by atoms with E-state index in [2.05, 4.69) is 5.32 Å². The van der Waals surface area contributed by atoms with Crippen LogP contribution in [0.25, 0.3) is 0 Å². The molecule has 2 aromatic rings. The number of rotatable bonds is 8. The van der Waals surface area contributed by atoms with Crippen molar-refractivity contribution in [1.82, 2.24) is 4.90 Å². The van der Waals surface area contributed by atoms with Crippen LogP contribution < -0.4 is 10.1 Å². The van der Waals surface area contributed by atoms with Gasteiger partial charge in [0.2, 0.25) is 11.8 Å². The van der Waals surface area contributed by atoms with Gasteiger partial charge in [0.25, 0.3) is 0 Å². The first kappa shape index (κ1) is 19.6. The maximum Gasteiger partial charge on any atom is 0.244 e. The fourth-order valence-corrected chi connectivity index (χ4v) is 4.91. The molecule has 0 radical (unpaired) electrons. The lowest BCUT2D eigenvalue weighted by Crippen LogP contribution is -2.38. The number of methoxy groups -OCH3 is 1. The summed E-state index contributed by atoms with van der Waals surface area (Å²) >= 11 is 0. The zero-order valence-corrected chi connectivity index (χ0v) is 16.8. The maximum atomic E-state index is 13.1. The van der Waals surface area contributed by atoms with E-state index in [1.165, 1.54) is 19.3 Å². The van der Waals surface area contributed by atoms with E-state index in [0.29, 0.717) is 42.0 Å². The third kappa shape index (κ3) is 4.63. The predicted molar refractivity (Wildman–Crippen MR) is 109 cm³/mol. The molecule has 0 spiro atoms. The van der Waals surface area contributed by atoms with Crippen molar-refractivity contribution in [3.8, 4) is 5.75 Å². The molecule has 2 aliphatic carbocycles. The fourth-order valence-electron chi connectivity index (χ4n) is 4.91. The molecule has 154 valence electrons. The van der Waals surface area contributed by atoms with Gasteiger partial charge in [0.15, 0.2) is 0 Å². The summed E-state index contributed by atoms with van der Waals surface area (Å²) in [5, 5.41) is 2.86. The first-order valence-electron chi connectivity index (χ1n) is 10.4. The maximum absolute atomic E-state index is 13.1. The van der Waals surface area contributed by atoms with Crippen molar-refractivity contribution in [2.24, 2.45) is 17.8 Å². The lowest BCUT2D eigenvalue weighted by Gasteiger charge is -2.26. The molecule has 0 saturated heterocycles. The predicted octanol–water partition coefficient (Wildman–Crippen LogP) is 4.08. The van der Waals surface area contributed by atoms with Gasteiger partial charge in [0, 0.05) is 6.42 Å². The van der Waals surface area contributed by atoms with Crippen molar-refractivity contribution in [2.75, 3.05) is 19.0 Å². The SMILES string of the molecule is COc1ccccc1NC(=O)CN(Cc1ccco1)C(=O)C[C@H]1C[C@@H]2CC[C@@H]1C2. The summed E-state index contributed by atoms with van der Waals surface area (Å²) in [6.07, 6.45) is 7.08. The fraction of sp³-hybridized carbons (Fsp3) is 0.478. The average Bonchev–Trinajstić information content (AvgIpc) is 3.46. The number of fused-ring (bicyclic) bond motifs is 2. The normalized spacial score (nSPS) is 22.4. The summed E-state index contributed by atoms with van der Waals surface area (Å²) in [7, 11) is 1.56. The summed E-state index contributed by atoms with van der Waals surface area (Å²) in [6, 6.07) is 10.9. The molecule has 1 N–H and O–H groups in total. The summed E-state index contributed by atoms with van der Waals surface area (Å²) in [4.78, 5) is 27.4. The molecule has 2 saturated carbocycles. The van der Waals surface area contributed by atoms with Crippen LogP contribution >= 0.6 is 0 Å². The van der Waals surface area contributed by atoms with Crippen LogP contribution in [0.15, 0.2) is 47.1 Å². The van der Waals surface area contributed by atoms with Crippen LogP contribution in [0.4, 0.5) is 5.69 Å². The van der Waals surface area contributed by atoms with Crippen molar-refractivity contribution in [2.45, 2.75) is 38.6 Å². The standard InChI is InChI=1S/C23H28N2O4/c1-28-21-7-3-2-6-20(21)24-22(26)15-25(14-19-5-4-10-29-19)23(27)13-18-12-16-8-9-17(18)11-16/h2-7,10,16-18H,8-9,11-15H2,1H3,(H,24,26)/t16-,17-,18-/m1/s1. The smallest absolute Gasteiger partial charge is 0.244 e. The van der Waals surface area contributed by atoms with Gasteiger partial charge in [-0.05, 0) is 61.3 Å². The topological polar surface area (TPSA) is 71.8 Å². The molecule has 4 rings (SSSR count). The Morgan fingerprint density at radius 1 is 1.17 bits per heavy atom. The van der Waals surface area contributed by atoms with Crippen LogP contribution in [0.3, 0.4) is 0 Å². The zero-order chi connectivity index (χ0) is 20.2. The molecule has 2 bridgehead atoms. The highest BCUT2D eigenvalue weighted by Gasteiger charge is 2.40. The van der Waals surface area contributed by atoms with Gasteiger partial charge in [0.1, 0.15) is 18.1 Å². The molecule has 1 heterocycles. The van der Waals surface area contributed by atoms with Gasteiger partial charge < -0.3 is 19.4 Å². The number of hydrogen-bond donors (Lipinski definition) is 1. The Bertz CT molecular complexity index is 848. The number of furan rings is 1. The number of nitrogens with one attached hydrogen (secondary N) is 1. The molecule has 2 aliphatic rings. The highest BCUT2D eigenvalue weighted by Crippen LogP contribution is 2.49. The van der Waals surface area contributed by atoms with Gasteiger partial charge in [-0.1, -0.05) is 18.6 Å². The quantitative estimate of drug-likeness (QED) is 0.730. The number of amides is 2. The highest BCUT2D eigenvalue weighted by atomic mass is 16.5. The monoisotopic (exact) mass is 396 g/mol. The van der Waals surface area contributed by atoms with E-state index >= 15 is 0 Å². The van der Waals surface area contributed by atoms with Gasteiger partial charge in [-0.3, -0.25) is 9.59 Å². The Balaban J connectivity index is 1.42. The number of hydrogen-bond acceptors (Lipinski definition) is 4. The number of ether oxygens (including phenoxy) is 1. The first-order chi connectivity index (χ1) is 14.1. The number of anilines is 1. The Morgan fingerprint density at radius 2 is 2.03 bits per heavy atom. The number of nitrogens with zero attached hydrogens (tertiary/aromatic N) is 1. The minimum absolute atomic E-state index is 0.0155. The molecular formula is C23H28N2O4. The van der Waals surface area contributed by atoms with E-state index < -0.39 is 0 Å². The van der Waals surface area contributed by atoms with Gasteiger partial charge >= 0.3 is 0 Å². The molecule has 0 unspecified atom stereocenters. The minimum atomic E-state index is -0.248. The van der Waals surface area contributed by atoms with Crippen molar-refractivity contribution in [3.63, 3.8) is 0 Å². The van der Waals surface area contributed by atoms with E-state index in [-0.39, 0.29) is 18.4 Å². The van der Waals surface area contributed by atoms with E-state index in [0.717, 1.165) is 12.3 Å². The number of carbonyl (C=O) groups excluding carboxylic acids is 2. The Kier molecular flexibility index (Phi) is 5.88. The Morgan fingerprint density at radius 3 is 2.72 bits per heavy atom. The Labute approximate surface area is 171 Å². The highest BCUT2D eigenvalue weighted by molar-refractivity contribution is 5.95. The molecule has 3 atom stereocenters. The summed E-state index contributed by atoms with van der Waals surface area (Å²) < 4.78 is 10.7. The Hall–Kier alpha value is -2.76. The van der Waals surface area contributed by atoms with Gasteiger partial charge in [-0.15, -0.1) is 0 Å². The van der Waals surface area contributed by atoms with Gasteiger partial charge in [-0.2, -0.15) is 0 Å². The van der Waals surface area contributed by atoms with Crippen LogP contribution in [0, 0.1) is 17.8 Å². The number of para-hydroxylation sites is 2. The molecule has 2 fully saturated rings. The lowest BCUT2D eigenvalue weighted by atomic mass is 9.86. The van der Waals surface area contributed by atoms with Gasteiger partial charge in [0.05, 0.1) is 25.6 Å². The van der Waals surface area contributed by atoms with Crippen molar-refractivity contribution in [1.29, 1.82) is 0 Å². The molecule has 2 amide bonds. The van der Waals surface area contributed by atoms with E-state index in [9.17, 15) is 9.59 Å². The third-order valence-electron chi connectivity index (χ3n) is 6.32. The van der Waals surface area contributed by atoms with Crippen molar-refractivity contribution in [3.05, 3.63) is 48.4 Å².